The zero-order chi connectivity index (χ0) is 99.3. The lowest BCUT2D eigenvalue weighted by atomic mass is 10.0. The number of nitrogens with one attached hydrogen (secondary N) is 18. The van der Waals surface area contributed by atoms with E-state index in [1.807, 2.05) is 0 Å². The van der Waals surface area contributed by atoms with Crippen molar-refractivity contribution in [1.29, 1.82) is 10.8 Å². The Balaban J connectivity index is 3.90. The highest BCUT2D eigenvalue weighted by molar-refractivity contribution is 7.80. The summed E-state index contributed by atoms with van der Waals surface area (Å²) < 4.78 is 0. The van der Waals surface area contributed by atoms with Crippen LogP contribution in [0.4, 0.5) is 0 Å². The number of aliphatic carboxylic acids is 4. The number of guanidine groups is 2. The number of amides is 19. The molecule has 0 fully saturated rings. The standard InChI is InChI=1S/C75H121N27O27S2/c1-35(73(128)129)89-60(115)45(19-26-57(110)111)96-62(117)40(13-8-30-88-75(85)86)91-61(116)38(11-5-6-28-76)92-69(124)47(31-36-9-3-2-4-10-36)99-68(123)44(18-24-54(81)106)95-64(119)41(15-21-51(78)103)94-67(122)46(20-27-58(112)113)97-65(120)42(16-22-52(79)104)93-66(121)43(17-23-53(80)105)98-70(125)48(32-55(82)107)100-71(126)49(33-130)102-72(127)50(34-131)101-63(118)39(12-7-29-87-74(83)84)90-59(114)37(77)14-25-56(108)109/h2-4,9-10,35,37-50,130-131H,5-8,11-34,76-77H2,1H3,(H2,78,103)(H2,79,104)(H2,80,105)(H2,81,106)(H2,82,107)(H,89,115)(H,90,114)(H,91,116)(H,92,124)(H,93,121)(H,94,122)(H,95,119)(H,96,117)(H,97,120)(H,98,125)(H,99,123)(H,100,126)(H,101,118)(H,102,127)(H,108,109)(H,110,111)(H,112,113)(H,128,129)(H4,83,84,87)(H4,85,86,88)/t35-,37-,38-,39-,40-,41-,42-,43-,44-,45-,46-,47-,48-,49-,50-/m0/s1. The van der Waals surface area contributed by atoms with E-state index in [1.54, 1.807) is 18.2 Å². The highest BCUT2D eigenvalue weighted by Crippen LogP contribution is 2.15. The Kier molecular flexibility index (Phi) is 54.2. The summed E-state index contributed by atoms with van der Waals surface area (Å²) in [5.74, 6) is -30.6. The van der Waals surface area contributed by atoms with Gasteiger partial charge in [0.25, 0.3) is 0 Å². The SMILES string of the molecule is C[C@H](NC(=O)[C@H](CCC(=O)O)NC(=O)[C@H](CCCNC(=N)N)NC(=O)[C@H](CCCCN)NC(=O)[C@H](Cc1ccccc1)NC(=O)[C@H](CCC(N)=O)NC(=O)[C@H](CCC(N)=O)NC(=O)[C@H](CCC(=O)O)NC(=O)[C@H](CCC(N)=O)NC(=O)[C@H](CCC(N)=O)NC(=O)[C@H](CC(N)=O)NC(=O)[C@H](CS)NC(=O)[C@H](CS)NC(=O)[C@H](CCCNC(=N)N)NC(=O)[C@@H](N)CCC(=O)O)C(=O)O. The number of hydrogen-bond acceptors (Lipinski definition) is 29. The fourth-order valence-electron chi connectivity index (χ4n) is 11.8. The smallest absolute Gasteiger partial charge is 0.325 e. The van der Waals surface area contributed by atoms with E-state index < -0.39 is 346 Å². The molecule has 40 N–H and O–H groups in total. The maximum atomic E-state index is 14.8. The van der Waals surface area contributed by atoms with Gasteiger partial charge in [0.1, 0.15) is 84.6 Å². The molecule has 15 atom stereocenters. The van der Waals surface area contributed by atoms with Crippen molar-refractivity contribution in [3.63, 3.8) is 0 Å². The first-order chi connectivity index (χ1) is 61.5. The average molecular weight is 1900 g/mol. The van der Waals surface area contributed by atoms with Crippen LogP contribution < -0.4 is 137 Å². The molecule has 56 heteroatoms. The van der Waals surface area contributed by atoms with Crippen molar-refractivity contribution >= 4 is 173 Å². The van der Waals surface area contributed by atoms with Crippen molar-refractivity contribution in [2.24, 2.45) is 51.6 Å². The van der Waals surface area contributed by atoms with Gasteiger partial charge < -0.3 is 157 Å². The second kappa shape index (κ2) is 61.6. The first-order valence-electron chi connectivity index (χ1n) is 40.9. The topological polar surface area (TPSA) is 948 Å². The third kappa shape index (κ3) is 48.8. The van der Waals surface area contributed by atoms with E-state index in [9.17, 15) is 126 Å². The lowest BCUT2D eigenvalue weighted by Gasteiger charge is -2.28. The van der Waals surface area contributed by atoms with E-state index in [2.05, 4.69) is 110 Å². The molecular weight excluding hydrogens is 1780 g/mol. The summed E-state index contributed by atoms with van der Waals surface area (Å²) in [4.78, 5) is 307. The molecule has 131 heavy (non-hydrogen) atoms. The largest absolute Gasteiger partial charge is 0.481 e. The number of unbranched alkanes of at least 4 members (excludes halogenated alkanes) is 1. The zero-order valence-corrected chi connectivity index (χ0v) is 73.4. The molecule has 0 radical (unpaired) electrons. The summed E-state index contributed by atoms with van der Waals surface area (Å²) in [6.07, 6.45) is -11.7. The number of carboxylic acids is 4. The van der Waals surface area contributed by atoms with Crippen LogP contribution in [0.3, 0.4) is 0 Å². The second-order valence-electron chi connectivity index (χ2n) is 29.8. The third-order valence-corrected chi connectivity index (χ3v) is 19.7. The van der Waals surface area contributed by atoms with Crippen molar-refractivity contribution < 1.29 is 131 Å². The monoisotopic (exact) mass is 1900 g/mol. The molecule has 1 aromatic rings. The van der Waals surface area contributed by atoms with Gasteiger partial charge in [-0.15, -0.1) is 0 Å². The lowest BCUT2D eigenvalue weighted by molar-refractivity contribution is -0.142. The number of rotatable bonds is 68. The van der Waals surface area contributed by atoms with Gasteiger partial charge in [0, 0.05) is 76.0 Å². The summed E-state index contributed by atoms with van der Waals surface area (Å²) in [6.45, 7) is 1.11. The Bertz CT molecular complexity index is 4200. The molecule has 0 unspecified atom stereocenters. The number of carbonyl (C=O) groups is 23. The number of nitrogens with two attached hydrogens (primary N) is 9. The van der Waals surface area contributed by atoms with Crippen LogP contribution in [0.15, 0.2) is 30.3 Å². The highest BCUT2D eigenvalue weighted by atomic mass is 32.1. The van der Waals surface area contributed by atoms with E-state index in [0.29, 0.717) is 5.56 Å². The Morgan fingerprint density at radius 1 is 0.313 bits per heavy atom. The van der Waals surface area contributed by atoms with Crippen molar-refractivity contribution in [2.45, 2.75) is 245 Å². The van der Waals surface area contributed by atoms with Crippen LogP contribution in [0.2, 0.25) is 0 Å². The van der Waals surface area contributed by atoms with Crippen molar-refractivity contribution in [3.8, 4) is 0 Å². The first-order valence-corrected chi connectivity index (χ1v) is 42.2. The normalized spacial score (nSPS) is 14.3. The minimum atomic E-state index is -2.11. The predicted molar refractivity (Wildman–Crippen MR) is 466 cm³/mol. The van der Waals surface area contributed by atoms with Gasteiger partial charge in [0.05, 0.1) is 12.5 Å². The van der Waals surface area contributed by atoms with Crippen LogP contribution in [-0.4, -0.2) is 290 Å². The van der Waals surface area contributed by atoms with Crippen LogP contribution in [0.25, 0.3) is 0 Å². The second-order valence-corrected chi connectivity index (χ2v) is 30.5. The molecule has 0 aromatic heterocycles. The molecular formula is C75H121N27O27S2. The summed E-state index contributed by atoms with van der Waals surface area (Å²) in [7, 11) is 0. The molecule has 0 bridgehead atoms. The third-order valence-electron chi connectivity index (χ3n) is 18.9. The zero-order valence-electron chi connectivity index (χ0n) is 71.6. The Morgan fingerprint density at radius 3 is 0.855 bits per heavy atom. The molecule has 0 aliphatic heterocycles. The molecule has 19 amide bonds. The molecule has 1 aromatic carbocycles. The number of benzene rings is 1. The Hall–Kier alpha value is -13.8. The van der Waals surface area contributed by atoms with Gasteiger partial charge in [-0.05, 0) is 109 Å². The minimum Gasteiger partial charge on any atom is -0.481 e. The molecule has 0 aliphatic rings. The highest BCUT2D eigenvalue weighted by Gasteiger charge is 2.40. The van der Waals surface area contributed by atoms with E-state index in [0.717, 1.165) is 6.92 Å². The molecule has 730 valence electrons. The maximum Gasteiger partial charge on any atom is 0.325 e. The summed E-state index contributed by atoms with van der Waals surface area (Å²) >= 11 is 8.24. The number of thiol groups is 2. The fraction of sp³-hybridized carbons (Fsp3) is 0.587. The summed E-state index contributed by atoms with van der Waals surface area (Å²) in [6, 6.07) is -19.0. The number of primary amides is 5. The predicted octanol–water partition coefficient (Wildman–Crippen LogP) is -12.5. The molecule has 1 rings (SSSR count). The molecule has 0 spiro atoms. The maximum absolute atomic E-state index is 14.8. The first kappa shape index (κ1) is 115. The van der Waals surface area contributed by atoms with Gasteiger partial charge >= 0.3 is 23.9 Å². The number of carboxylic acid groups (broad SMARTS) is 4. The van der Waals surface area contributed by atoms with E-state index >= 15 is 0 Å². The number of hydrogen-bond donors (Lipinski definition) is 33. The van der Waals surface area contributed by atoms with Gasteiger partial charge in [-0.2, -0.15) is 25.3 Å². The lowest BCUT2D eigenvalue weighted by Crippen LogP contribution is -2.61. The van der Waals surface area contributed by atoms with Crippen LogP contribution in [0, 0.1) is 10.8 Å². The van der Waals surface area contributed by atoms with Gasteiger partial charge in [-0.1, -0.05) is 30.3 Å². The molecule has 54 nitrogen and oxygen atoms in total. The number of carbonyl (C=O) groups excluding carboxylic acids is 19. The van der Waals surface area contributed by atoms with Crippen LogP contribution >= 0.6 is 25.3 Å². The van der Waals surface area contributed by atoms with Gasteiger partial charge in [-0.3, -0.25) is 121 Å². The average Bonchev–Trinajstić information content (AvgIpc) is 0.850. The van der Waals surface area contributed by atoms with E-state index in [4.69, 9.17) is 67.5 Å². The molecule has 0 saturated carbocycles. The minimum absolute atomic E-state index is 0.0167. The van der Waals surface area contributed by atoms with Gasteiger partial charge in [0.15, 0.2) is 11.9 Å². The Morgan fingerprint density at radius 2 is 0.565 bits per heavy atom. The van der Waals surface area contributed by atoms with Gasteiger partial charge in [0.2, 0.25) is 112 Å². The van der Waals surface area contributed by atoms with Crippen molar-refractivity contribution in [3.05, 3.63) is 35.9 Å². The fourth-order valence-corrected chi connectivity index (χ4v) is 12.4. The van der Waals surface area contributed by atoms with Gasteiger partial charge in [-0.25, -0.2) is 0 Å². The van der Waals surface area contributed by atoms with Crippen LogP contribution in [0.5, 0.6) is 0 Å². The summed E-state index contributed by atoms with van der Waals surface area (Å²) in [5.41, 5.74) is 50.0. The Labute approximate surface area is 760 Å². The quantitative estimate of drug-likeness (QED) is 0.0125. The molecule has 0 heterocycles. The van der Waals surface area contributed by atoms with Crippen LogP contribution in [-0.2, 0) is 117 Å². The molecule has 0 aliphatic carbocycles. The van der Waals surface area contributed by atoms with Crippen molar-refractivity contribution in [1.82, 2.24) is 85.1 Å². The van der Waals surface area contributed by atoms with E-state index in [1.165, 1.54) is 12.1 Å². The van der Waals surface area contributed by atoms with Crippen LogP contribution in [0.1, 0.15) is 154 Å². The molecule has 0 saturated heterocycles. The summed E-state index contributed by atoms with van der Waals surface area (Å²) in [5, 5.41) is 90.0. The van der Waals surface area contributed by atoms with E-state index in [-0.39, 0.29) is 71.0 Å². The van der Waals surface area contributed by atoms with Crippen molar-refractivity contribution in [2.75, 3.05) is 31.1 Å².